The van der Waals surface area contributed by atoms with Gasteiger partial charge in [-0.1, -0.05) is 6.92 Å². The van der Waals surface area contributed by atoms with E-state index in [-0.39, 0.29) is 11.0 Å². The summed E-state index contributed by atoms with van der Waals surface area (Å²) in [5.74, 6) is -0.0821. The maximum absolute atomic E-state index is 10.9. The van der Waals surface area contributed by atoms with Crippen LogP contribution in [0.5, 0.6) is 0 Å². The SMILES string of the molecule is CCC(CS(C)(=O)=O)SS(C)(=O)=O. The Kier molecular flexibility index (Phi) is 4.74. The predicted molar refractivity (Wildman–Crippen MR) is 56.2 cm³/mol. The van der Waals surface area contributed by atoms with Gasteiger partial charge in [0.2, 0.25) is 0 Å². The molecule has 0 aliphatic rings. The molecule has 0 bridgehead atoms. The minimum absolute atomic E-state index is 0.0821. The first-order chi connectivity index (χ1) is 5.64. The van der Waals surface area contributed by atoms with Crippen molar-refractivity contribution >= 4 is 29.5 Å². The van der Waals surface area contributed by atoms with Crippen molar-refractivity contribution in [1.29, 1.82) is 0 Å². The van der Waals surface area contributed by atoms with Gasteiger partial charge in [0.1, 0.15) is 9.84 Å². The minimum Gasteiger partial charge on any atom is -0.229 e. The lowest BCUT2D eigenvalue weighted by Crippen LogP contribution is -2.17. The lowest BCUT2D eigenvalue weighted by atomic mass is 10.4. The van der Waals surface area contributed by atoms with Gasteiger partial charge in [0.05, 0.1) is 5.75 Å². The van der Waals surface area contributed by atoms with Crippen molar-refractivity contribution in [1.82, 2.24) is 0 Å². The number of hydrogen-bond acceptors (Lipinski definition) is 5. The molecule has 0 aromatic carbocycles. The summed E-state index contributed by atoms with van der Waals surface area (Å²) in [4.78, 5) is 0. The molecular weight excluding hydrogens is 232 g/mol. The van der Waals surface area contributed by atoms with Crippen LogP contribution in [0.15, 0.2) is 0 Å². The molecule has 0 aliphatic carbocycles. The smallest absolute Gasteiger partial charge is 0.198 e. The average Bonchev–Trinajstić information content (AvgIpc) is 1.79. The molecule has 0 spiro atoms. The first kappa shape index (κ1) is 13.2. The van der Waals surface area contributed by atoms with Crippen LogP contribution in [-0.2, 0) is 18.7 Å². The zero-order valence-corrected chi connectivity index (χ0v) is 10.3. The van der Waals surface area contributed by atoms with E-state index < -0.39 is 18.7 Å². The third-order valence-corrected chi connectivity index (χ3v) is 5.46. The first-order valence-electron chi connectivity index (χ1n) is 3.70. The van der Waals surface area contributed by atoms with Crippen LogP contribution in [0, 0.1) is 0 Å². The highest BCUT2D eigenvalue weighted by Gasteiger charge is 2.18. The molecule has 4 nitrogen and oxygen atoms in total. The third-order valence-electron chi connectivity index (χ3n) is 1.25. The van der Waals surface area contributed by atoms with Crippen LogP contribution in [0.25, 0.3) is 0 Å². The second kappa shape index (κ2) is 4.65. The summed E-state index contributed by atoms with van der Waals surface area (Å²) >= 11 is 0. The fourth-order valence-electron chi connectivity index (χ4n) is 0.799. The molecule has 0 heterocycles. The van der Waals surface area contributed by atoms with E-state index in [1.165, 1.54) is 0 Å². The van der Waals surface area contributed by atoms with Gasteiger partial charge in [-0.3, -0.25) is 0 Å². The molecule has 0 aromatic rings. The Morgan fingerprint density at radius 3 is 1.85 bits per heavy atom. The molecule has 7 heteroatoms. The number of sulfone groups is 1. The zero-order chi connectivity index (χ0) is 10.7. The third kappa shape index (κ3) is 8.58. The molecule has 0 saturated heterocycles. The van der Waals surface area contributed by atoms with Crippen molar-refractivity contribution < 1.29 is 16.8 Å². The highest BCUT2D eigenvalue weighted by molar-refractivity contribution is 8.72. The standard InChI is InChI=1S/C6H14O4S3/c1-4-6(5-12(2,7)8)11-13(3,9)10/h6H,4-5H2,1-3H3. The van der Waals surface area contributed by atoms with Gasteiger partial charge in [0.25, 0.3) is 0 Å². The highest BCUT2D eigenvalue weighted by Crippen LogP contribution is 2.21. The predicted octanol–water partition coefficient (Wildman–Crippen LogP) is 0.502. The summed E-state index contributed by atoms with van der Waals surface area (Å²) in [5.41, 5.74) is 0. The molecule has 0 saturated carbocycles. The molecule has 0 aromatic heterocycles. The van der Waals surface area contributed by atoms with Crippen LogP contribution in [0.2, 0.25) is 0 Å². The Hall–Kier alpha value is 0.250. The summed E-state index contributed by atoms with van der Waals surface area (Å²) in [6.45, 7) is 1.77. The summed E-state index contributed by atoms with van der Waals surface area (Å²) in [5, 5.41) is -0.356. The van der Waals surface area contributed by atoms with E-state index >= 15 is 0 Å². The topological polar surface area (TPSA) is 68.3 Å². The van der Waals surface area contributed by atoms with Gasteiger partial charge in [0.15, 0.2) is 8.87 Å². The molecule has 0 radical (unpaired) electrons. The Morgan fingerprint density at radius 2 is 1.62 bits per heavy atom. The van der Waals surface area contributed by atoms with Crippen molar-refractivity contribution in [2.45, 2.75) is 18.6 Å². The van der Waals surface area contributed by atoms with Crippen molar-refractivity contribution in [3.8, 4) is 0 Å². The van der Waals surface area contributed by atoms with Gasteiger partial charge < -0.3 is 0 Å². The molecule has 80 valence electrons. The van der Waals surface area contributed by atoms with Crippen molar-refractivity contribution in [3.63, 3.8) is 0 Å². The van der Waals surface area contributed by atoms with E-state index in [9.17, 15) is 16.8 Å². The van der Waals surface area contributed by atoms with E-state index in [0.717, 1.165) is 23.3 Å². The Bertz CT molecular complexity index is 306. The van der Waals surface area contributed by atoms with Crippen molar-refractivity contribution in [2.24, 2.45) is 0 Å². The Labute approximate surface area is 83.3 Å². The number of rotatable bonds is 5. The average molecular weight is 246 g/mol. The summed E-state index contributed by atoms with van der Waals surface area (Å²) < 4.78 is 43.5. The molecule has 0 fully saturated rings. The molecule has 13 heavy (non-hydrogen) atoms. The Balaban J connectivity index is 4.39. The first-order valence-corrected chi connectivity index (χ1v) is 9.05. The van der Waals surface area contributed by atoms with Crippen LogP contribution in [0.4, 0.5) is 0 Å². The fraction of sp³-hybridized carbons (Fsp3) is 1.00. The van der Waals surface area contributed by atoms with Crippen molar-refractivity contribution in [2.75, 3.05) is 18.3 Å². The fourth-order valence-corrected chi connectivity index (χ4v) is 5.70. The van der Waals surface area contributed by atoms with E-state index in [1.807, 2.05) is 0 Å². The highest BCUT2D eigenvalue weighted by atomic mass is 33.1. The van der Waals surface area contributed by atoms with E-state index in [4.69, 9.17) is 0 Å². The van der Waals surface area contributed by atoms with E-state index in [0.29, 0.717) is 6.42 Å². The van der Waals surface area contributed by atoms with E-state index in [2.05, 4.69) is 0 Å². The van der Waals surface area contributed by atoms with Gasteiger partial charge in [0, 0.05) is 17.8 Å². The lowest BCUT2D eigenvalue weighted by molar-refractivity contribution is 0.599. The van der Waals surface area contributed by atoms with E-state index in [1.54, 1.807) is 6.92 Å². The molecule has 1 atom stereocenters. The molecule has 0 rings (SSSR count). The van der Waals surface area contributed by atoms with Gasteiger partial charge >= 0.3 is 0 Å². The second-order valence-corrected chi connectivity index (χ2v) is 9.77. The molecular formula is C6H14O4S3. The molecule has 0 amide bonds. The summed E-state index contributed by atoms with van der Waals surface area (Å²) in [6, 6.07) is 0. The second-order valence-electron chi connectivity index (χ2n) is 2.92. The Morgan fingerprint density at radius 1 is 1.15 bits per heavy atom. The quantitative estimate of drug-likeness (QED) is 0.661. The maximum Gasteiger partial charge on any atom is 0.198 e. The van der Waals surface area contributed by atoms with Gasteiger partial charge in [-0.25, -0.2) is 16.8 Å². The molecule has 1 unspecified atom stereocenters. The van der Waals surface area contributed by atoms with Crippen LogP contribution in [0.1, 0.15) is 13.3 Å². The van der Waals surface area contributed by atoms with Crippen LogP contribution < -0.4 is 0 Å². The minimum atomic E-state index is -3.16. The van der Waals surface area contributed by atoms with Crippen LogP contribution in [0.3, 0.4) is 0 Å². The van der Waals surface area contributed by atoms with Crippen LogP contribution in [-0.4, -0.2) is 40.3 Å². The van der Waals surface area contributed by atoms with Crippen LogP contribution >= 0.6 is 10.8 Å². The lowest BCUT2D eigenvalue weighted by Gasteiger charge is -2.10. The van der Waals surface area contributed by atoms with Gasteiger partial charge in [-0.15, -0.1) is 0 Å². The summed E-state index contributed by atoms with van der Waals surface area (Å²) in [7, 11) is -5.53. The summed E-state index contributed by atoms with van der Waals surface area (Å²) in [6.07, 6.45) is 2.73. The van der Waals surface area contributed by atoms with Crippen molar-refractivity contribution in [3.05, 3.63) is 0 Å². The largest absolute Gasteiger partial charge is 0.229 e. The number of hydrogen-bond donors (Lipinski definition) is 0. The molecule has 0 aliphatic heterocycles. The zero-order valence-electron chi connectivity index (χ0n) is 7.85. The molecule has 0 N–H and O–H groups in total. The van der Waals surface area contributed by atoms with Gasteiger partial charge in [-0.05, 0) is 17.2 Å². The maximum atomic E-state index is 10.9. The normalized spacial score (nSPS) is 15.6. The monoisotopic (exact) mass is 246 g/mol. The van der Waals surface area contributed by atoms with Gasteiger partial charge in [-0.2, -0.15) is 0 Å².